The highest BCUT2D eigenvalue weighted by atomic mass is 79.9. The van der Waals surface area contributed by atoms with Crippen LogP contribution in [0.2, 0.25) is 0 Å². The van der Waals surface area contributed by atoms with E-state index in [-0.39, 0.29) is 5.82 Å². The number of nitrogens with zero attached hydrogens (tertiary/aromatic N) is 2. The molecular weight excluding hydrogens is 385 g/mol. The number of aromatic nitrogens is 2. The summed E-state index contributed by atoms with van der Waals surface area (Å²) >= 11 is 6.44. The van der Waals surface area contributed by atoms with E-state index >= 15 is 0 Å². The van der Waals surface area contributed by atoms with E-state index in [1.54, 1.807) is 30.0 Å². The number of benzene rings is 2. The minimum atomic E-state index is -0.304. The van der Waals surface area contributed by atoms with E-state index in [0.29, 0.717) is 10.8 Å². The van der Waals surface area contributed by atoms with Crippen molar-refractivity contribution in [3.63, 3.8) is 0 Å². The average molecular weight is 396 g/mol. The number of hydrogen-bond acceptors (Lipinski definition) is 5. The summed E-state index contributed by atoms with van der Waals surface area (Å²) in [7, 11) is 0. The van der Waals surface area contributed by atoms with Crippen LogP contribution in [0.1, 0.15) is 5.56 Å². The van der Waals surface area contributed by atoms with Crippen LogP contribution >= 0.6 is 39.0 Å². The van der Waals surface area contributed by atoms with Gasteiger partial charge in [-0.1, -0.05) is 63.3 Å². The molecule has 7 heteroatoms. The number of thioether (sulfide) groups is 1. The highest BCUT2D eigenvalue weighted by Gasteiger charge is 2.07. The van der Waals surface area contributed by atoms with Crippen molar-refractivity contribution in [1.29, 1.82) is 0 Å². The van der Waals surface area contributed by atoms with Crippen LogP contribution in [0.4, 0.5) is 15.2 Å². The van der Waals surface area contributed by atoms with Crippen LogP contribution in [0, 0.1) is 5.82 Å². The summed E-state index contributed by atoms with van der Waals surface area (Å²) < 4.78 is 15.5. The summed E-state index contributed by atoms with van der Waals surface area (Å²) in [5.74, 6) is 0.517. The first-order valence-corrected chi connectivity index (χ1v) is 9.02. The van der Waals surface area contributed by atoms with Crippen LogP contribution < -0.4 is 5.32 Å². The predicted octanol–water partition coefficient (Wildman–Crippen LogP) is 5.48. The van der Waals surface area contributed by atoms with Crippen molar-refractivity contribution >= 4 is 49.8 Å². The van der Waals surface area contributed by atoms with Gasteiger partial charge in [0.1, 0.15) is 5.82 Å². The summed E-state index contributed by atoms with van der Waals surface area (Å²) in [4.78, 5) is 0. The maximum atomic E-state index is 13.6. The standard InChI is InChI=1S/C15H11BrFN3S2/c16-11-7-5-10(6-8-11)9-21-15-20-19-14(22-15)18-13-4-2-1-3-12(13)17/h1-8H,9H2,(H,18,19). The van der Waals surface area contributed by atoms with Crippen molar-refractivity contribution in [2.24, 2.45) is 0 Å². The molecule has 112 valence electrons. The first kappa shape index (κ1) is 15.5. The van der Waals surface area contributed by atoms with E-state index in [4.69, 9.17) is 0 Å². The lowest BCUT2D eigenvalue weighted by atomic mass is 10.2. The number of para-hydroxylation sites is 1. The third kappa shape index (κ3) is 4.06. The zero-order chi connectivity index (χ0) is 15.4. The molecule has 0 spiro atoms. The Bertz CT molecular complexity index is 761. The van der Waals surface area contributed by atoms with Gasteiger partial charge in [0.15, 0.2) is 4.34 Å². The molecule has 3 aromatic rings. The molecule has 0 aliphatic heterocycles. The Morgan fingerprint density at radius 1 is 1.09 bits per heavy atom. The molecule has 1 heterocycles. The van der Waals surface area contributed by atoms with Crippen LogP contribution in [0.5, 0.6) is 0 Å². The molecule has 1 aromatic heterocycles. The van der Waals surface area contributed by atoms with Gasteiger partial charge < -0.3 is 5.32 Å². The second kappa shape index (κ2) is 7.21. The molecule has 0 saturated carbocycles. The minimum absolute atomic E-state index is 0.304. The molecule has 0 fully saturated rings. The first-order chi connectivity index (χ1) is 10.7. The van der Waals surface area contributed by atoms with E-state index < -0.39 is 0 Å². The predicted molar refractivity (Wildman–Crippen MR) is 93.3 cm³/mol. The highest BCUT2D eigenvalue weighted by molar-refractivity contribution is 9.10. The van der Waals surface area contributed by atoms with Crippen molar-refractivity contribution < 1.29 is 4.39 Å². The van der Waals surface area contributed by atoms with Crippen LogP contribution in [-0.4, -0.2) is 10.2 Å². The van der Waals surface area contributed by atoms with Gasteiger partial charge in [0, 0.05) is 10.2 Å². The molecule has 0 aliphatic carbocycles. The molecule has 0 unspecified atom stereocenters. The van der Waals surface area contributed by atoms with Gasteiger partial charge in [0.2, 0.25) is 5.13 Å². The van der Waals surface area contributed by atoms with Crippen LogP contribution in [-0.2, 0) is 5.75 Å². The fourth-order valence-electron chi connectivity index (χ4n) is 1.72. The molecule has 0 bridgehead atoms. The molecule has 22 heavy (non-hydrogen) atoms. The molecule has 3 rings (SSSR count). The number of nitrogens with one attached hydrogen (secondary N) is 1. The third-order valence-electron chi connectivity index (χ3n) is 2.80. The summed E-state index contributed by atoms with van der Waals surface area (Å²) in [6, 6.07) is 14.7. The SMILES string of the molecule is Fc1ccccc1Nc1nnc(SCc2ccc(Br)cc2)s1. The minimum Gasteiger partial charge on any atom is -0.328 e. The monoisotopic (exact) mass is 395 g/mol. The number of anilines is 2. The van der Waals surface area contributed by atoms with Gasteiger partial charge in [-0.2, -0.15) is 0 Å². The average Bonchev–Trinajstić information content (AvgIpc) is 2.97. The van der Waals surface area contributed by atoms with Gasteiger partial charge >= 0.3 is 0 Å². The fourth-order valence-corrected chi connectivity index (χ4v) is 3.71. The Hall–Kier alpha value is -1.44. The van der Waals surface area contributed by atoms with Gasteiger partial charge in [-0.05, 0) is 29.8 Å². The number of rotatable bonds is 5. The fraction of sp³-hybridized carbons (Fsp3) is 0.0667. The van der Waals surface area contributed by atoms with Crippen molar-refractivity contribution in [2.45, 2.75) is 10.1 Å². The molecule has 0 aliphatic rings. The third-order valence-corrected chi connectivity index (χ3v) is 5.37. The lowest BCUT2D eigenvalue weighted by Gasteiger charge is -2.02. The van der Waals surface area contributed by atoms with Crippen LogP contribution in [0.25, 0.3) is 0 Å². The normalized spacial score (nSPS) is 10.6. The topological polar surface area (TPSA) is 37.8 Å². The van der Waals surface area contributed by atoms with Crippen molar-refractivity contribution in [3.05, 3.63) is 64.4 Å². The molecule has 1 N–H and O–H groups in total. The molecule has 0 atom stereocenters. The number of hydrogen-bond donors (Lipinski definition) is 1. The van der Waals surface area contributed by atoms with E-state index in [0.717, 1.165) is 14.6 Å². The van der Waals surface area contributed by atoms with Crippen LogP contribution in [0.3, 0.4) is 0 Å². The van der Waals surface area contributed by atoms with Gasteiger partial charge in [-0.15, -0.1) is 10.2 Å². The summed E-state index contributed by atoms with van der Waals surface area (Å²) in [6.07, 6.45) is 0. The molecule has 3 nitrogen and oxygen atoms in total. The second-order valence-corrected chi connectivity index (χ2v) is 7.51. The van der Waals surface area contributed by atoms with Gasteiger partial charge in [-0.25, -0.2) is 4.39 Å². The Morgan fingerprint density at radius 3 is 2.64 bits per heavy atom. The maximum absolute atomic E-state index is 13.6. The largest absolute Gasteiger partial charge is 0.328 e. The number of halogens is 2. The highest BCUT2D eigenvalue weighted by Crippen LogP contribution is 2.30. The molecular formula is C15H11BrFN3S2. The first-order valence-electron chi connectivity index (χ1n) is 6.43. The zero-order valence-corrected chi connectivity index (χ0v) is 14.5. The van der Waals surface area contributed by atoms with E-state index in [1.165, 1.54) is 23.0 Å². The smallest absolute Gasteiger partial charge is 0.210 e. The lowest BCUT2D eigenvalue weighted by Crippen LogP contribution is -1.92. The molecule has 0 amide bonds. The molecule has 0 saturated heterocycles. The Kier molecular flexibility index (Phi) is 5.07. The van der Waals surface area contributed by atoms with E-state index in [2.05, 4.69) is 43.6 Å². The van der Waals surface area contributed by atoms with Crippen LogP contribution in [0.15, 0.2) is 57.3 Å². The van der Waals surface area contributed by atoms with Gasteiger partial charge in [-0.3, -0.25) is 0 Å². The Labute approximate surface area is 144 Å². The molecule has 0 radical (unpaired) electrons. The zero-order valence-electron chi connectivity index (χ0n) is 11.3. The van der Waals surface area contributed by atoms with Crippen molar-refractivity contribution in [3.8, 4) is 0 Å². The van der Waals surface area contributed by atoms with Crippen molar-refractivity contribution in [2.75, 3.05) is 5.32 Å². The summed E-state index contributed by atoms with van der Waals surface area (Å²) in [5, 5.41) is 11.7. The lowest BCUT2D eigenvalue weighted by molar-refractivity contribution is 0.632. The maximum Gasteiger partial charge on any atom is 0.210 e. The van der Waals surface area contributed by atoms with Gasteiger partial charge in [0.05, 0.1) is 5.69 Å². The Morgan fingerprint density at radius 2 is 1.86 bits per heavy atom. The van der Waals surface area contributed by atoms with Crippen molar-refractivity contribution in [1.82, 2.24) is 10.2 Å². The summed E-state index contributed by atoms with van der Waals surface area (Å²) in [5.41, 5.74) is 1.62. The second-order valence-electron chi connectivity index (χ2n) is 4.39. The molecule has 2 aromatic carbocycles. The van der Waals surface area contributed by atoms with Gasteiger partial charge in [0.25, 0.3) is 0 Å². The summed E-state index contributed by atoms with van der Waals surface area (Å²) in [6.45, 7) is 0. The Balaban J connectivity index is 1.61. The van der Waals surface area contributed by atoms with E-state index in [1.807, 2.05) is 12.1 Å². The van der Waals surface area contributed by atoms with E-state index in [9.17, 15) is 4.39 Å². The quantitative estimate of drug-likeness (QED) is 0.580.